The third-order valence-corrected chi connectivity index (χ3v) is 15.1. The first-order chi connectivity index (χ1) is 27.7. The standard InChI is InChI=1S/C12H15ClF3N3O3P3.C11H16ClN3O3P3.C5H6Br2N2O2.2W/c1-17-11-7(3-13)18-5-19(11)8-2-6(4-20-12(14,15)16)9(22-25-24)10(8)21-23;1-13-11-7(3-12)14-5-15(11)8-2-6(4-16)9(18-21-20)10(8)17-19;1-5(2)3(10)8(6)4(11)9(5)7;;/h1,5-6,8-10,25H,2,4,23-24H2;1,5-6,8-10,16,21H,2,4,19-20H2;1-2H3;;/q2*-1;;;/t2*6-,8-,9-,10+;;;/m11.../s1. The molecule has 2 aromatic rings. The Kier molecular flexibility index (Phi) is 23.1. The number of imide groups is 1. The van der Waals surface area contributed by atoms with Crippen LogP contribution in [-0.2, 0) is 66.3 Å². The molecular weight excluding hydrogens is 1420 g/mol. The Bertz CT molecular complexity index is 1850. The van der Waals surface area contributed by atoms with Gasteiger partial charge in [0.2, 0.25) is 0 Å². The fourth-order valence-corrected chi connectivity index (χ4v) is 11.5. The molecule has 0 bridgehead atoms. The number of aliphatic imine (C=N–C) groups is 2. The van der Waals surface area contributed by atoms with Gasteiger partial charge >= 0.3 is 328 Å². The van der Waals surface area contributed by atoms with Gasteiger partial charge in [-0.3, -0.25) is 4.79 Å². The summed E-state index contributed by atoms with van der Waals surface area (Å²) in [7, 11) is 9.60. The number of halogens is 7. The van der Waals surface area contributed by atoms with E-state index in [1.165, 1.54) is 10.3 Å². The van der Waals surface area contributed by atoms with E-state index in [2.05, 4.69) is 93.8 Å². The number of ether oxygens (including phenoxy) is 1. The summed E-state index contributed by atoms with van der Waals surface area (Å²) >= 11 is 20.0. The maximum absolute atomic E-state index is 12.5. The average Bonchev–Trinajstić information content (AvgIpc) is 3.99. The van der Waals surface area contributed by atoms with E-state index in [4.69, 9.17) is 54.7 Å². The van der Waals surface area contributed by atoms with Crippen LogP contribution in [0.2, 0.25) is 0 Å². The molecule has 0 spiro atoms. The van der Waals surface area contributed by atoms with Crippen LogP contribution in [0.1, 0.15) is 50.2 Å². The van der Waals surface area contributed by atoms with E-state index < -0.39 is 48.7 Å². The summed E-state index contributed by atoms with van der Waals surface area (Å²) < 4.78 is 70.6. The first-order valence-electron chi connectivity index (χ1n) is 16.3. The molecule has 2 aliphatic carbocycles. The van der Waals surface area contributed by atoms with Gasteiger partial charge in [-0.25, -0.2) is 8.72 Å². The molecule has 14 atom stereocenters. The summed E-state index contributed by atoms with van der Waals surface area (Å²) in [5.74, 6) is 0.0174. The number of urea groups is 1. The number of rotatable bonds is 15. The molecule has 2 aromatic heterocycles. The molecule has 3 heterocycles. The Balaban J connectivity index is 0.000000255. The molecule has 0 aromatic carbocycles. The van der Waals surface area contributed by atoms with Crippen LogP contribution in [0.25, 0.3) is 0 Å². The van der Waals surface area contributed by atoms with Crippen LogP contribution in [0, 0.1) is 11.8 Å². The Morgan fingerprint density at radius 1 is 0.932 bits per heavy atom. The molecule has 6 unspecified atom stereocenters. The zero-order chi connectivity index (χ0) is 44.6. The van der Waals surface area contributed by atoms with E-state index in [0.29, 0.717) is 42.6 Å². The number of nitrogens with zero attached hydrogens (tertiary/aromatic N) is 8. The minimum absolute atomic E-state index is 0.000400. The number of imidazole rings is 2. The fourth-order valence-electron chi connectivity index (χ4n) is 6.49. The van der Waals surface area contributed by atoms with Crippen LogP contribution in [0.15, 0.2) is 22.6 Å². The summed E-state index contributed by atoms with van der Waals surface area (Å²) in [6.07, 6.45) is -2.17. The number of aliphatic hydroxyl groups is 1. The first-order valence-corrected chi connectivity index (χ1v) is 27.8. The van der Waals surface area contributed by atoms with Crippen molar-refractivity contribution in [3.63, 3.8) is 0 Å². The number of carbonyl (C=O) groups excluding carboxylic acids is 2. The Morgan fingerprint density at radius 3 is 1.64 bits per heavy atom. The molecule has 31 heteroatoms. The van der Waals surface area contributed by atoms with E-state index in [9.17, 15) is 27.9 Å². The molecule has 16 nitrogen and oxygen atoms in total. The predicted octanol–water partition coefficient (Wildman–Crippen LogP) is 6.90. The van der Waals surface area contributed by atoms with Crippen molar-refractivity contribution in [2.24, 2.45) is 21.8 Å². The zero-order valence-electron chi connectivity index (χ0n) is 30.4. The van der Waals surface area contributed by atoms with Crippen LogP contribution >= 0.6 is 109 Å². The number of amides is 3. The van der Waals surface area contributed by atoms with Crippen molar-refractivity contribution in [1.29, 1.82) is 0 Å². The Labute approximate surface area is 400 Å². The van der Waals surface area contributed by atoms with Crippen LogP contribution in [-0.4, -0.2) is 114 Å². The van der Waals surface area contributed by atoms with Crippen molar-refractivity contribution in [3.8, 4) is 0 Å². The van der Waals surface area contributed by atoms with Gasteiger partial charge in [0.05, 0.1) is 32.3 Å². The third-order valence-electron chi connectivity index (χ3n) is 9.24. The van der Waals surface area contributed by atoms with Gasteiger partial charge in [0.1, 0.15) is 5.54 Å². The molecular formula is C28H37Br2Cl2F3N8O8P6W2-2. The van der Waals surface area contributed by atoms with E-state index in [-0.39, 0.29) is 53.7 Å². The molecule has 1 saturated heterocycles. The monoisotopic (exact) mass is 1450 g/mol. The normalized spacial score (nSPS) is 26.7. The third kappa shape index (κ3) is 13.3. The minimum atomic E-state index is -4.71. The van der Waals surface area contributed by atoms with Gasteiger partial charge in [-0.1, -0.05) is 0 Å². The van der Waals surface area contributed by atoms with Gasteiger partial charge in [0, 0.05) is 0 Å². The predicted molar refractivity (Wildman–Crippen MR) is 235 cm³/mol. The number of hydrogen-bond donors (Lipinski definition) is 1. The zero-order valence-corrected chi connectivity index (χ0v) is 47.6. The van der Waals surface area contributed by atoms with E-state index in [1.54, 1.807) is 24.7 Å². The van der Waals surface area contributed by atoms with Crippen molar-refractivity contribution in [2.45, 2.75) is 75.1 Å². The topological polar surface area (TPSA) is 167 Å². The SMILES string of the molecule is CC1(C)C(=O)N(Br)C(=O)N1Br.[CH-]=Nc1c([C](Cl)=[W])ncn1[C@@H]1C[C@H](CO)[C@@H](OPP)[C@H]1OP.[CH-]=Nc1c([C](Cl)=[W])ncn1[C@@H]1C[C@H](COC(F)(F)F)[C@@H](OPP)[C@H]1OP. The van der Waals surface area contributed by atoms with Gasteiger partial charge in [-0.05, 0) is 13.8 Å². The first kappa shape index (κ1) is 54.8. The molecule has 3 amide bonds. The summed E-state index contributed by atoms with van der Waals surface area (Å²) in [4.78, 5) is 38.4. The summed E-state index contributed by atoms with van der Waals surface area (Å²) in [6.45, 7) is 13.8. The quantitative estimate of drug-likeness (QED) is 0.0652. The molecule has 59 heavy (non-hydrogen) atoms. The second-order valence-corrected chi connectivity index (χ2v) is 22.6. The average molecular weight is 1450 g/mol. The van der Waals surface area contributed by atoms with E-state index in [0.717, 1.165) is 42.6 Å². The van der Waals surface area contributed by atoms with Crippen LogP contribution in [0.5, 0.6) is 0 Å². The molecule has 3 fully saturated rings. The molecule has 1 aliphatic heterocycles. The Hall–Kier alpha value is 1.49. The van der Waals surface area contributed by atoms with Gasteiger partial charge in [-0.2, -0.15) is 3.93 Å². The van der Waals surface area contributed by atoms with Crippen molar-refractivity contribution < 1.29 is 89.4 Å². The maximum atomic E-state index is 12.5. The van der Waals surface area contributed by atoms with Crippen LogP contribution in [0.3, 0.4) is 0 Å². The molecule has 5 rings (SSSR count). The molecule has 0 radical (unpaired) electrons. The van der Waals surface area contributed by atoms with E-state index in [1.807, 2.05) is 4.57 Å². The van der Waals surface area contributed by atoms with Gasteiger partial charge in [0.25, 0.3) is 5.91 Å². The van der Waals surface area contributed by atoms with Crippen LogP contribution < -0.4 is 0 Å². The van der Waals surface area contributed by atoms with Gasteiger partial charge in [0.15, 0.2) is 0 Å². The van der Waals surface area contributed by atoms with E-state index >= 15 is 0 Å². The van der Waals surface area contributed by atoms with Crippen molar-refractivity contribution in [1.82, 2.24) is 27.0 Å². The molecule has 330 valence electrons. The van der Waals surface area contributed by atoms with Crippen molar-refractivity contribution in [3.05, 3.63) is 24.0 Å². The number of alkyl halides is 3. The number of carbonyl (C=O) groups is 2. The second-order valence-electron chi connectivity index (χ2n) is 12.8. The molecule has 3 aliphatic rings. The van der Waals surface area contributed by atoms with Gasteiger partial charge < -0.3 is 0 Å². The number of hydrogen-bond acceptors (Lipinski definition) is 12. The molecule has 1 N–H and O–H groups in total. The fraction of sp³-hybridized carbons (Fsp3) is 0.571. The van der Waals surface area contributed by atoms with Gasteiger partial charge in [-0.15, -0.1) is 0 Å². The molecule has 2 saturated carbocycles. The summed E-state index contributed by atoms with van der Waals surface area (Å²) in [5, 5.41) is 9.62. The van der Waals surface area contributed by atoms with Crippen molar-refractivity contribution >= 4 is 153 Å². The number of aromatic nitrogens is 4. The summed E-state index contributed by atoms with van der Waals surface area (Å²) in [6, 6.07) is -0.884. The van der Waals surface area contributed by atoms with Crippen LogP contribution in [0.4, 0.5) is 29.6 Å². The van der Waals surface area contributed by atoms with Crippen molar-refractivity contribution in [2.75, 3.05) is 13.2 Å². The summed E-state index contributed by atoms with van der Waals surface area (Å²) in [5.41, 5.74) is 0.215. The number of aliphatic hydroxyl groups excluding tert-OH is 1. The second kappa shape index (κ2) is 24.9. The Morgan fingerprint density at radius 2 is 1.36 bits per heavy atom.